The third-order valence-corrected chi connectivity index (χ3v) is 3.88. The molecule has 3 rings (SSSR count). The lowest BCUT2D eigenvalue weighted by Crippen LogP contribution is -2.31. The molecule has 0 radical (unpaired) electrons. The molecule has 1 fully saturated rings. The number of hydrogen-bond donors (Lipinski definition) is 1. The second-order valence-electron chi connectivity index (χ2n) is 5.72. The van der Waals surface area contributed by atoms with Gasteiger partial charge in [0.2, 0.25) is 5.95 Å². The summed E-state index contributed by atoms with van der Waals surface area (Å²) in [7, 11) is 1.49. The predicted octanol–water partition coefficient (Wildman–Crippen LogP) is 2.22. The molecule has 1 N–H and O–H groups in total. The molecule has 26 heavy (non-hydrogen) atoms. The molecule has 2 heterocycles. The van der Waals surface area contributed by atoms with Crippen molar-refractivity contribution in [2.24, 2.45) is 5.10 Å². The molecule has 2 aromatic rings. The molecule has 10 nitrogen and oxygen atoms in total. The van der Waals surface area contributed by atoms with Gasteiger partial charge in [-0.25, -0.2) is 5.43 Å². The summed E-state index contributed by atoms with van der Waals surface area (Å²) < 4.78 is 5.14. The van der Waals surface area contributed by atoms with Crippen molar-refractivity contribution in [1.82, 2.24) is 15.0 Å². The molecule has 1 aromatic carbocycles. The molecule has 0 unspecified atom stereocenters. The lowest BCUT2D eigenvalue weighted by Gasteiger charge is -2.26. The third-order valence-electron chi connectivity index (χ3n) is 3.88. The van der Waals surface area contributed by atoms with Gasteiger partial charge in [-0.15, -0.1) is 0 Å². The van der Waals surface area contributed by atoms with Gasteiger partial charge in [0, 0.05) is 30.8 Å². The molecule has 0 saturated carbocycles. The lowest BCUT2D eigenvalue weighted by molar-refractivity contribution is -0.384. The minimum Gasteiger partial charge on any atom is -0.467 e. The largest absolute Gasteiger partial charge is 0.467 e. The van der Waals surface area contributed by atoms with Crippen LogP contribution < -0.4 is 15.1 Å². The molecule has 0 spiro atoms. The van der Waals surface area contributed by atoms with Crippen LogP contribution in [0.25, 0.3) is 0 Å². The van der Waals surface area contributed by atoms with E-state index in [1.807, 2.05) is 0 Å². The molecule has 1 aromatic heterocycles. The number of anilines is 2. The Morgan fingerprint density at radius 2 is 2.08 bits per heavy atom. The maximum Gasteiger partial charge on any atom is 0.322 e. The van der Waals surface area contributed by atoms with E-state index in [4.69, 9.17) is 4.74 Å². The van der Waals surface area contributed by atoms with Crippen LogP contribution >= 0.6 is 0 Å². The number of nitrogens with zero attached hydrogens (tertiary/aromatic N) is 6. The van der Waals surface area contributed by atoms with Gasteiger partial charge >= 0.3 is 6.01 Å². The van der Waals surface area contributed by atoms with Crippen molar-refractivity contribution < 1.29 is 9.66 Å². The first kappa shape index (κ1) is 17.5. The van der Waals surface area contributed by atoms with Crippen LogP contribution in [0.3, 0.4) is 0 Å². The number of benzene rings is 1. The van der Waals surface area contributed by atoms with E-state index in [9.17, 15) is 10.1 Å². The van der Waals surface area contributed by atoms with Gasteiger partial charge in [0.05, 0.1) is 18.2 Å². The summed E-state index contributed by atoms with van der Waals surface area (Å²) >= 11 is 0. The summed E-state index contributed by atoms with van der Waals surface area (Å²) in [6.07, 6.45) is 4.87. The van der Waals surface area contributed by atoms with E-state index in [1.54, 1.807) is 12.1 Å². The van der Waals surface area contributed by atoms with Crippen LogP contribution in [-0.2, 0) is 0 Å². The number of methoxy groups -OCH3 is 1. The van der Waals surface area contributed by atoms with Crippen molar-refractivity contribution >= 4 is 23.8 Å². The van der Waals surface area contributed by atoms with Gasteiger partial charge in [-0.05, 0) is 19.3 Å². The number of nitro benzene ring substituents is 1. The van der Waals surface area contributed by atoms with E-state index < -0.39 is 4.92 Å². The van der Waals surface area contributed by atoms with E-state index >= 15 is 0 Å². The average molecular weight is 357 g/mol. The topological polar surface area (TPSA) is 119 Å². The molecule has 1 saturated heterocycles. The fourth-order valence-electron chi connectivity index (χ4n) is 2.61. The van der Waals surface area contributed by atoms with Crippen molar-refractivity contribution in [3.05, 3.63) is 39.9 Å². The fourth-order valence-corrected chi connectivity index (χ4v) is 2.61. The Balaban J connectivity index is 1.74. The number of nitro groups is 1. The monoisotopic (exact) mass is 357 g/mol. The predicted molar refractivity (Wildman–Crippen MR) is 96.8 cm³/mol. The lowest BCUT2D eigenvalue weighted by atomic mass is 10.1. The van der Waals surface area contributed by atoms with Crippen LogP contribution in [0.4, 0.5) is 17.6 Å². The Kier molecular flexibility index (Phi) is 5.52. The first-order valence-electron chi connectivity index (χ1n) is 8.24. The zero-order valence-electron chi connectivity index (χ0n) is 14.3. The van der Waals surface area contributed by atoms with Crippen molar-refractivity contribution in [2.75, 3.05) is 30.5 Å². The summed E-state index contributed by atoms with van der Waals surface area (Å²) in [4.78, 5) is 25.2. The first-order valence-corrected chi connectivity index (χ1v) is 8.24. The van der Waals surface area contributed by atoms with E-state index in [2.05, 4.69) is 30.4 Å². The maximum absolute atomic E-state index is 10.8. The summed E-state index contributed by atoms with van der Waals surface area (Å²) in [5.41, 5.74) is 3.32. The Bertz CT molecular complexity index is 806. The van der Waals surface area contributed by atoms with Crippen molar-refractivity contribution in [3.8, 4) is 6.01 Å². The Labute approximate surface area is 150 Å². The van der Waals surface area contributed by atoms with E-state index in [0.29, 0.717) is 11.5 Å². The number of nitrogens with one attached hydrogen (secondary N) is 1. The molecule has 0 amide bonds. The zero-order chi connectivity index (χ0) is 18.4. The van der Waals surface area contributed by atoms with Crippen molar-refractivity contribution in [1.29, 1.82) is 0 Å². The van der Waals surface area contributed by atoms with Crippen molar-refractivity contribution in [3.63, 3.8) is 0 Å². The van der Waals surface area contributed by atoms with Gasteiger partial charge in [0.15, 0.2) is 0 Å². The van der Waals surface area contributed by atoms with Gasteiger partial charge in [0.1, 0.15) is 0 Å². The van der Waals surface area contributed by atoms with E-state index in [1.165, 1.54) is 31.9 Å². The van der Waals surface area contributed by atoms with Gasteiger partial charge in [-0.3, -0.25) is 10.1 Å². The summed E-state index contributed by atoms with van der Waals surface area (Å²) in [6, 6.07) is 6.37. The number of hydrazone groups is 1. The van der Waals surface area contributed by atoms with Crippen LogP contribution in [0.15, 0.2) is 29.4 Å². The minimum absolute atomic E-state index is 0.00293. The van der Waals surface area contributed by atoms with Crippen molar-refractivity contribution in [2.45, 2.75) is 19.3 Å². The Hall–Kier alpha value is -3.30. The Morgan fingerprint density at radius 3 is 2.81 bits per heavy atom. The second kappa shape index (κ2) is 8.19. The standard InChI is InChI=1S/C16H19N7O3/c1-26-16-19-14(18-15(20-16)22-8-3-2-4-9-22)21-17-11-12-6-5-7-13(10-12)23(24)25/h5-7,10-11H,2-4,8-9H2,1H3,(H,18,19,20,21)/b17-11-. The molecule has 1 aliphatic heterocycles. The third kappa shape index (κ3) is 4.41. The number of hydrogen-bond acceptors (Lipinski definition) is 9. The minimum atomic E-state index is -0.452. The number of non-ortho nitro benzene ring substituents is 1. The first-order chi connectivity index (χ1) is 12.7. The highest BCUT2D eigenvalue weighted by atomic mass is 16.6. The highest BCUT2D eigenvalue weighted by Gasteiger charge is 2.16. The Morgan fingerprint density at radius 1 is 1.27 bits per heavy atom. The number of aromatic nitrogens is 3. The molecule has 1 aliphatic rings. The van der Waals surface area contributed by atoms with Crippen LogP contribution in [0.1, 0.15) is 24.8 Å². The van der Waals surface area contributed by atoms with E-state index in [-0.39, 0.29) is 17.6 Å². The maximum atomic E-state index is 10.8. The highest BCUT2D eigenvalue weighted by Crippen LogP contribution is 2.19. The van der Waals surface area contributed by atoms with Crippen LogP contribution in [-0.4, -0.2) is 46.3 Å². The van der Waals surface area contributed by atoms with Gasteiger partial charge in [-0.1, -0.05) is 12.1 Å². The molecule has 0 bridgehead atoms. The zero-order valence-corrected chi connectivity index (χ0v) is 14.3. The van der Waals surface area contributed by atoms with Gasteiger partial charge in [-0.2, -0.15) is 20.1 Å². The molecule has 10 heteroatoms. The van der Waals surface area contributed by atoms with Crippen LogP contribution in [0, 0.1) is 10.1 Å². The molecule has 136 valence electrons. The molecular formula is C16H19N7O3. The second-order valence-corrected chi connectivity index (χ2v) is 5.72. The molecular weight excluding hydrogens is 338 g/mol. The van der Waals surface area contributed by atoms with Crippen LogP contribution in [0.5, 0.6) is 6.01 Å². The van der Waals surface area contributed by atoms with E-state index in [0.717, 1.165) is 25.9 Å². The number of piperidine rings is 1. The number of rotatable bonds is 6. The fraction of sp³-hybridized carbons (Fsp3) is 0.375. The van der Waals surface area contributed by atoms with Gasteiger partial charge < -0.3 is 9.64 Å². The highest BCUT2D eigenvalue weighted by molar-refractivity contribution is 5.81. The normalized spacial score (nSPS) is 14.4. The SMILES string of the molecule is COc1nc(N/N=C\c2cccc([N+](=O)[O-])c2)nc(N2CCCCC2)n1. The summed E-state index contributed by atoms with van der Waals surface area (Å²) in [5.74, 6) is 0.795. The molecule has 0 atom stereocenters. The average Bonchev–Trinajstić information content (AvgIpc) is 2.68. The summed E-state index contributed by atoms with van der Waals surface area (Å²) in [5, 5.41) is 14.9. The molecule has 0 aliphatic carbocycles. The smallest absolute Gasteiger partial charge is 0.322 e. The summed E-state index contributed by atoms with van der Waals surface area (Å²) in [6.45, 7) is 1.78. The number of ether oxygens (including phenoxy) is 1. The van der Waals surface area contributed by atoms with Gasteiger partial charge in [0.25, 0.3) is 11.6 Å². The quantitative estimate of drug-likeness (QED) is 0.475. The van der Waals surface area contributed by atoms with Crippen LogP contribution in [0.2, 0.25) is 0 Å².